The lowest BCUT2D eigenvalue weighted by Crippen LogP contribution is -2.31. The molecular weight excluding hydrogens is 445 g/mol. The highest BCUT2D eigenvalue weighted by Crippen LogP contribution is 2.30. The molecule has 0 aliphatic carbocycles. The summed E-state index contributed by atoms with van der Waals surface area (Å²) in [4.78, 5) is 15.0. The van der Waals surface area contributed by atoms with E-state index in [4.69, 9.17) is 32.7 Å². The number of ether oxygens (including phenoxy) is 2. The van der Waals surface area contributed by atoms with Crippen LogP contribution >= 0.6 is 23.2 Å². The van der Waals surface area contributed by atoms with E-state index in [1.165, 1.54) is 0 Å². The third-order valence-corrected chi connectivity index (χ3v) is 5.62. The smallest absolute Gasteiger partial charge is 0.255 e. The van der Waals surface area contributed by atoms with Crippen LogP contribution in [0.2, 0.25) is 10.0 Å². The highest BCUT2D eigenvalue weighted by molar-refractivity contribution is 6.36. The highest BCUT2D eigenvalue weighted by Gasteiger charge is 2.19. The van der Waals surface area contributed by atoms with Crippen molar-refractivity contribution in [3.63, 3.8) is 0 Å². The van der Waals surface area contributed by atoms with Crippen LogP contribution in [0.15, 0.2) is 66.7 Å². The molecule has 0 radical (unpaired) electrons. The molecular formula is C26H27Cl2NO3. The first kappa shape index (κ1) is 24.0. The Morgan fingerprint density at radius 1 is 0.938 bits per heavy atom. The van der Waals surface area contributed by atoms with E-state index in [-0.39, 0.29) is 5.91 Å². The van der Waals surface area contributed by atoms with Crippen LogP contribution in [0.3, 0.4) is 0 Å². The van der Waals surface area contributed by atoms with Crippen molar-refractivity contribution >= 4 is 29.1 Å². The molecule has 0 aliphatic heterocycles. The summed E-state index contributed by atoms with van der Waals surface area (Å²) in [6.07, 6.45) is 1.88. The Labute approximate surface area is 199 Å². The number of methoxy groups -OCH3 is 1. The average molecular weight is 472 g/mol. The predicted octanol–water partition coefficient (Wildman–Crippen LogP) is 7.02. The first-order valence-corrected chi connectivity index (χ1v) is 11.4. The largest absolute Gasteiger partial charge is 0.493 e. The molecule has 0 N–H and O–H groups in total. The molecule has 0 bridgehead atoms. The van der Waals surface area contributed by atoms with Crippen molar-refractivity contribution in [3.05, 3.63) is 93.5 Å². The van der Waals surface area contributed by atoms with Crippen LogP contribution in [0.5, 0.6) is 11.5 Å². The van der Waals surface area contributed by atoms with Gasteiger partial charge in [0.25, 0.3) is 5.91 Å². The molecule has 3 aromatic carbocycles. The van der Waals surface area contributed by atoms with Crippen molar-refractivity contribution in [2.75, 3.05) is 13.7 Å². The number of unbranched alkanes of at least 4 members (excludes halogenated alkanes) is 1. The van der Waals surface area contributed by atoms with Gasteiger partial charge in [-0.2, -0.15) is 0 Å². The van der Waals surface area contributed by atoms with Gasteiger partial charge in [0.15, 0.2) is 11.5 Å². The molecule has 32 heavy (non-hydrogen) atoms. The number of hydrogen-bond acceptors (Lipinski definition) is 3. The standard InChI is InChI=1S/C26H27Cl2NO3/c1-3-4-14-29(26(30)22-12-11-21(27)16-23(22)28)17-20-10-13-24(25(15-20)31-2)32-18-19-8-6-5-7-9-19/h5-13,15-16H,3-4,14,17-18H2,1-2H3. The summed E-state index contributed by atoms with van der Waals surface area (Å²) in [6.45, 7) is 3.61. The number of benzene rings is 3. The second kappa shape index (κ2) is 11.8. The number of carbonyl (C=O) groups excluding carboxylic acids is 1. The molecule has 3 rings (SSSR count). The van der Waals surface area contributed by atoms with E-state index in [1.54, 1.807) is 30.2 Å². The van der Waals surface area contributed by atoms with Gasteiger partial charge in [-0.1, -0.05) is 72.9 Å². The first-order valence-electron chi connectivity index (χ1n) is 10.6. The van der Waals surface area contributed by atoms with Crippen LogP contribution in [-0.4, -0.2) is 24.5 Å². The van der Waals surface area contributed by atoms with Gasteiger partial charge in [-0.15, -0.1) is 0 Å². The van der Waals surface area contributed by atoms with Crippen LogP contribution in [0.4, 0.5) is 0 Å². The normalized spacial score (nSPS) is 10.6. The maximum absolute atomic E-state index is 13.2. The Morgan fingerprint density at radius 3 is 2.41 bits per heavy atom. The van der Waals surface area contributed by atoms with E-state index in [2.05, 4.69) is 6.92 Å². The Kier molecular flexibility index (Phi) is 8.83. The maximum atomic E-state index is 13.2. The van der Waals surface area contributed by atoms with E-state index in [9.17, 15) is 4.79 Å². The summed E-state index contributed by atoms with van der Waals surface area (Å²) >= 11 is 12.3. The van der Waals surface area contributed by atoms with Crippen LogP contribution < -0.4 is 9.47 Å². The van der Waals surface area contributed by atoms with Gasteiger partial charge >= 0.3 is 0 Å². The van der Waals surface area contributed by atoms with E-state index < -0.39 is 0 Å². The fourth-order valence-electron chi connectivity index (χ4n) is 3.32. The van der Waals surface area contributed by atoms with E-state index in [0.717, 1.165) is 24.0 Å². The van der Waals surface area contributed by atoms with Crippen molar-refractivity contribution < 1.29 is 14.3 Å². The van der Waals surface area contributed by atoms with Gasteiger partial charge in [0.05, 0.1) is 17.7 Å². The zero-order chi connectivity index (χ0) is 22.9. The molecule has 0 fully saturated rings. The second-order valence-corrected chi connectivity index (χ2v) is 8.31. The van der Waals surface area contributed by atoms with Gasteiger partial charge in [0.1, 0.15) is 6.61 Å². The van der Waals surface area contributed by atoms with Crippen LogP contribution in [0, 0.1) is 0 Å². The summed E-state index contributed by atoms with van der Waals surface area (Å²) in [5, 5.41) is 0.855. The third kappa shape index (κ3) is 6.41. The molecule has 0 saturated heterocycles. The van der Waals surface area contributed by atoms with Gasteiger partial charge < -0.3 is 14.4 Å². The minimum absolute atomic E-state index is 0.122. The number of hydrogen-bond donors (Lipinski definition) is 0. The van der Waals surface area contributed by atoms with Crippen LogP contribution in [0.1, 0.15) is 41.3 Å². The quantitative estimate of drug-likeness (QED) is 0.318. The molecule has 0 heterocycles. The van der Waals surface area contributed by atoms with Crippen molar-refractivity contribution in [2.45, 2.75) is 32.9 Å². The van der Waals surface area contributed by atoms with E-state index in [0.29, 0.717) is 46.8 Å². The second-order valence-electron chi connectivity index (χ2n) is 7.46. The summed E-state index contributed by atoms with van der Waals surface area (Å²) in [5.41, 5.74) is 2.47. The van der Waals surface area contributed by atoms with Gasteiger partial charge in [0.2, 0.25) is 0 Å². The molecule has 3 aromatic rings. The average Bonchev–Trinajstić information content (AvgIpc) is 2.81. The van der Waals surface area contributed by atoms with Crippen molar-refractivity contribution in [1.82, 2.24) is 4.90 Å². The maximum Gasteiger partial charge on any atom is 0.255 e. The summed E-state index contributed by atoms with van der Waals surface area (Å²) in [7, 11) is 1.61. The lowest BCUT2D eigenvalue weighted by Gasteiger charge is -2.24. The number of rotatable bonds is 10. The molecule has 6 heteroatoms. The van der Waals surface area contributed by atoms with Gasteiger partial charge in [0, 0.05) is 18.1 Å². The number of carbonyl (C=O) groups is 1. The van der Waals surface area contributed by atoms with Gasteiger partial charge in [-0.25, -0.2) is 0 Å². The van der Waals surface area contributed by atoms with Crippen molar-refractivity contribution in [1.29, 1.82) is 0 Å². The lowest BCUT2D eigenvalue weighted by atomic mass is 10.1. The Bertz CT molecular complexity index is 1040. The van der Waals surface area contributed by atoms with Gasteiger partial charge in [-0.05, 0) is 47.9 Å². The van der Waals surface area contributed by atoms with Gasteiger partial charge in [-0.3, -0.25) is 4.79 Å². The molecule has 0 aromatic heterocycles. The predicted molar refractivity (Wildman–Crippen MR) is 130 cm³/mol. The molecule has 0 aliphatic rings. The molecule has 0 saturated carbocycles. The minimum Gasteiger partial charge on any atom is -0.493 e. The molecule has 0 unspecified atom stereocenters. The van der Waals surface area contributed by atoms with Crippen LogP contribution in [-0.2, 0) is 13.2 Å². The van der Waals surface area contributed by atoms with E-state index in [1.807, 2.05) is 48.5 Å². The Hall–Kier alpha value is -2.69. The van der Waals surface area contributed by atoms with E-state index >= 15 is 0 Å². The monoisotopic (exact) mass is 471 g/mol. The fourth-order valence-corrected chi connectivity index (χ4v) is 3.81. The molecule has 168 valence electrons. The van der Waals surface area contributed by atoms with Crippen molar-refractivity contribution in [3.8, 4) is 11.5 Å². The number of amides is 1. The SMILES string of the molecule is CCCCN(Cc1ccc(OCc2ccccc2)c(OC)c1)C(=O)c1ccc(Cl)cc1Cl. The molecule has 1 amide bonds. The number of halogens is 2. The summed E-state index contributed by atoms with van der Waals surface area (Å²) in [6, 6.07) is 20.7. The zero-order valence-electron chi connectivity index (χ0n) is 18.3. The van der Waals surface area contributed by atoms with Crippen molar-refractivity contribution in [2.24, 2.45) is 0 Å². The molecule has 4 nitrogen and oxygen atoms in total. The van der Waals surface area contributed by atoms with Crippen LogP contribution in [0.25, 0.3) is 0 Å². The first-order chi connectivity index (χ1) is 15.5. The minimum atomic E-state index is -0.122. The lowest BCUT2D eigenvalue weighted by molar-refractivity contribution is 0.0741. The summed E-state index contributed by atoms with van der Waals surface area (Å²) in [5.74, 6) is 1.17. The third-order valence-electron chi connectivity index (χ3n) is 5.07. The fraction of sp³-hybridized carbons (Fsp3) is 0.269. The molecule has 0 spiro atoms. The summed E-state index contributed by atoms with van der Waals surface area (Å²) < 4.78 is 11.5. The Morgan fingerprint density at radius 2 is 1.72 bits per heavy atom. The number of nitrogens with zero attached hydrogens (tertiary/aromatic N) is 1. The zero-order valence-corrected chi connectivity index (χ0v) is 19.8. The molecule has 0 atom stereocenters. The highest BCUT2D eigenvalue weighted by atomic mass is 35.5. The topological polar surface area (TPSA) is 38.8 Å². The Balaban J connectivity index is 1.77.